The highest BCUT2D eigenvalue weighted by Gasteiger charge is 2.58. The van der Waals surface area contributed by atoms with E-state index in [0.29, 0.717) is 0 Å². The first-order chi connectivity index (χ1) is 34.1. The maximum absolute atomic E-state index is 2.79. The van der Waals surface area contributed by atoms with Crippen molar-refractivity contribution in [2.45, 2.75) is 110 Å². The number of thiophene rings is 2. The van der Waals surface area contributed by atoms with E-state index in [0.717, 1.165) is 6.42 Å². The van der Waals surface area contributed by atoms with Crippen molar-refractivity contribution in [2.24, 2.45) is 0 Å². The molecule has 14 rings (SSSR count). The summed E-state index contributed by atoms with van der Waals surface area (Å²) >= 11 is 3.83. The van der Waals surface area contributed by atoms with Gasteiger partial charge in [0.2, 0.25) is 0 Å². The molecule has 3 aliphatic heterocycles. The van der Waals surface area contributed by atoms with Crippen molar-refractivity contribution in [1.29, 1.82) is 0 Å². The van der Waals surface area contributed by atoms with Gasteiger partial charge in [-0.25, -0.2) is 0 Å². The molecule has 5 heterocycles. The summed E-state index contributed by atoms with van der Waals surface area (Å²) in [5, 5.41) is 5.28. The number of aryl methyl sites for hydroxylation is 1. The summed E-state index contributed by atoms with van der Waals surface area (Å²) in [5.41, 5.74) is 19.8. The molecule has 6 heteroatoms. The molecule has 0 spiro atoms. The maximum Gasteiger partial charge on any atom is 0.252 e. The summed E-state index contributed by atoms with van der Waals surface area (Å²) in [4.78, 5) is 8.14. The van der Waals surface area contributed by atoms with Crippen LogP contribution >= 0.6 is 22.7 Å². The lowest BCUT2D eigenvalue weighted by atomic mass is 9.33. The Kier molecular flexibility index (Phi) is 9.10. The third-order valence-electron chi connectivity index (χ3n) is 17.5. The van der Waals surface area contributed by atoms with Gasteiger partial charge in [0.1, 0.15) is 0 Å². The first-order valence-corrected chi connectivity index (χ1v) is 27.5. The fraction of sp³-hybridized carbons (Fsp3) is 0.262. The Hall–Kier alpha value is -6.34. The van der Waals surface area contributed by atoms with Crippen LogP contribution in [-0.4, -0.2) is 12.3 Å². The minimum Gasteiger partial charge on any atom is -0.334 e. The van der Waals surface area contributed by atoms with Crippen LogP contribution in [0.15, 0.2) is 152 Å². The van der Waals surface area contributed by atoms with Crippen molar-refractivity contribution in [3.8, 4) is 0 Å². The van der Waals surface area contributed by atoms with Gasteiger partial charge in [0.25, 0.3) is 6.71 Å². The van der Waals surface area contributed by atoms with E-state index in [1.54, 1.807) is 0 Å². The van der Waals surface area contributed by atoms with Crippen LogP contribution in [0.1, 0.15) is 103 Å². The molecule has 2 aromatic heterocycles. The van der Waals surface area contributed by atoms with Crippen LogP contribution in [0.3, 0.4) is 0 Å². The van der Waals surface area contributed by atoms with Gasteiger partial charge in [0, 0.05) is 75.2 Å². The summed E-state index contributed by atoms with van der Waals surface area (Å²) < 4.78 is 5.29. The zero-order chi connectivity index (χ0) is 48.5. The fourth-order valence-corrected chi connectivity index (χ4v) is 16.0. The molecule has 1 saturated carbocycles. The van der Waals surface area contributed by atoms with Crippen LogP contribution in [0, 0.1) is 6.92 Å². The molecule has 2 atom stereocenters. The molecule has 4 aliphatic rings. The Bertz CT molecular complexity index is 3900. The van der Waals surface area contributed by atoms with E-state index in [1.807, 2.05) is 22.7 Å². The molecule has 8 aromatic carbocycles. The lowest BCUT2D eigenvalue weighted by Gasteiger charge is -2.50. The monoisotopic (exact) mass is 957 g/mol. The third-order valence-corrected chi connectivity index (χ3v) is 19.9. The molecule has 0 radical (unpaired) electrons. The molecule has 0 saturated heterocycles. The van der Waals surface area contributed by atoms with Crippen molar-refractivity contribution in [3.63, 3.8) is 0 Å². The lowest BCUT2D eigenvalue weighted by Crippen LogP contribution is -2.61. The summed E-state index contributed by atoms with van der Waals surface area (Å²) in [5.74, 6) is 0. The van der Waals surface area contributed by atoms with E-state index in [9.17, 15) is 0 Å². The van der Waals surface area contributed by atoms with Gasteiger partial charge in [0.05, 0.1) is 21.6 Å². The molecule has 2 unspecified atom stereocenters. The molecule has 10 aromatic rings. The second-order valence-electron chi connectivity index (χ2n) is 23.7. The van der Waals surface area contributed by atoms with E-state index in [2.05, 4.69) is 229 Å². The van der Waals surface area contributed by atoms with Gasteiger partial charge in [-0.05, 0) is 143 Å². The molecule has 0 N–H and O–H groups in total. The zero-order valence-corrected chi connectivity index (χ0v) is 44.1. The maximum atomic E-state index is 2.79. The lowest BCUT2D eigenvalue weighted by molar-refractivity contribution is 0.195. The molecule has 0 bridgehead atoms. The second-order valence-corrected chi connectivity index (χ2v) is 25.9. The molecule has 1 fully saturated rings. The smallest absolute Gasteiger partial charge is 0.252 e. The zero-order valence-electron chi connectivity index (χ0n) is 42.5. The minimum absolute atomic E-state index is 0.0111. The van der Waals surface area contributed by atoms with Gasteiger partial charge < -0.3 is 14.7 Å². The van der Waals surface area contributed by atoms with Crippen LogP contribution in [0.25, 0.3) is 40.3 Å². The highest BCUT2D eigenvalue weighted by Crippen LogP contribution is 2.62. The van der Waals surface area contributed by atoms with E-state index < -0.39 is 0 Å². The van der Waals surface area contributed by atoms with Crippen molar-refractivity contribution < 1.29 is 0 Å². The first-order valence-electron chi connectivity index (χ1n) is 25.9. The Labute approximate surface area is 427 Å². The molecule has 350 valence electrons. The van der Waals surface area contributed by atoms with Gasteiger partial charge in [-0.1, -0.05) is 146 Å². The number of anilines is 8. The molecular weight excluding hydrogens is 898 g/mol. The predicted octanol–water partition coefficient (Wildman–Crippen LogP) is 17.2. The number of fused-ring (bicyclic) bond motifs is 13. The largest absolute Gasteiger partial charge is 0.334 e. The van der Waals surface area contributed by atoms with Crippen LogP contribution in [0.5, 0.6) is 0 Å². The van der Waals surface area contributed by atoms with Gasteiger partial charge in [-0.3, -0.25) is 0 Å². The number of nitrogens with zero attached hydrogens (tertiary/aromatic N) is 3. The molecule has 71 heavy (non-hydrogen) atoms. The molecule has 3 nitrogen and oxygen atoms in total. The van der Waals surface area contributed by atoms with E-state index in [1.165, 1.54) is 144 Å². The average molecular weight is 958 g/mol. The summed E-state index contributed by atoms with van der Waals surface area (Å²) in [6, 6.07) is 59.5. The fourth-order valence-electron chi connectivity index (χ4n) is 13.7. The molecule has 1 aliphatic carbocycles. The topological polar surface area (TPSA) is 9.72 Å². The van der Waals surface area contributed by atoms with Gasteiger partial charge in [-0.2, -0.15) is 0 Å². The van der Waals surface area contributed by atoms with Crippen molar-refractivity contribution in [3.05, 3.63) is 174 Å². The quantitative estimate of drug-likeness (QED) is 0.163. The Morgan fingerprint density at radius 3 is 1.85 bits per heavy atom. The minimum atomic E-state index is -0.0842. The van der Waals surface area contributed by atoms with Crippen LogP contribution in [0.2, 0.25) is 0 Å². The van der Waals surface area contributed by atoms with Gasteiger partial charge in [0.15, 0.2) is 0 Å². The summed E-state index contributed by atoms with van der Waals surface area (Å²) in [6.07, 6.45) is 4.86. The number of benzene rings is 8. The van der Waals surface area contributed by atoms with Crippen LogP contribution in [0.4, 0.5) is 45.5 Å². The standard InChI is InChI=1S/C65H60BN3S2/c1-39-34-54-60-55(35-39)68(51-22-16-20-44-43-18-10-12-23-56(43)71-61(44)51)53-38-42(69-49-31-27-40(62(2,3)4)36-46(49)64(8)32-14-15-33-65(64,69)9)28-30-48(53)66(60)47-29-26-41(63(5,6)7)37-52(47)67(54)50-21-17-25-58-59(50)45-19-11-13-24-57(45)70-58/h10-13,16-31,34-38H,14-15,32-33H2,1-9H3. The van der Waals surface area contributed by atoms with Crippen molar-refractivity contribution >= 4 is 132 Å². The third kappa shape index (κ3) is 6.01. The van der Waals surface area contributed by atoms with E-state index >= 15 is 0 Å². The number of rotatable bonds is 3. The normalized spacial score (nSPS) is 19.4. The SMILES string of the molecule is Cc1cc2c3c(c1)N(c1cccc4sc5ccccc5c14)c1cc(C(C)(C)C)ccc1B3c1ccc(N3c4ccc(C(C)(C)C)cc4C4(C)CCCCC34C)cc1N2c1cccc2c1sc1ccccc12. The summed E-state index contributed by atoms with van der Waals surface area (Å²) in [6.45, 7) is 21.6. The van der Waals surface area contributed by atoms with Crippen LogP contribution < -0.4 is 31.1 Å². The second kappa shape index (κ2) is 14.9. The van der Waals surface area contributed by atoms with E-state index in [4.69, 9.17) is 0 Å². The van der Waals surface area contributed by atoms with E-state index in [-0.39, 0.29) is 28.5 Å². The number of hydrogen-bond acceptors (Lipinski definition) is 5. The average Bonchev–Trinajstić information content (AvgIpc) is 3.99. The highest BCUT2D eigenvalue weighted by atomic mass is 32.1. The van der Waals surface area contributed by atoms with Gasteiger partial charge >= 0.3 is 0 Å². The Morgan fingerprint density at radius 1 is 0.493 bits per heavy atom. The Balaban J connectivity index is 1.08. The predicted molar refractivity (Wildman–Crippen MR) is 311 cm³/mol. The summed E-state index contributed by atoms with van der Waals surface area (Å²) in [7, 11) is 0. The van der Waals surface area contributed by atoms with Crippen LogP contribution in [-0.2, 0) is 16.2 Å². The van der Waals surface area contributed by atoms with Crippen molar-refractivity contribution in [1.82, 2.24) is 0 Å². The Morgan fingerprint density at radius 2 is 1.08 bits per heavy atom. The molecule has 0 amide bonds. The first kappa shape index (κ1) is 43.5. The van der Waals surface area contributed by atoms with Crippen molar-refractivity contribution in [2.75, 3.05) is 14.7 Å². The van der Waals surface area contributed by atoms with Gasteiger partial charge in [-0.15, -0.1) is 22.7 Å². The number of hydrogen-bond donors (Lipinski definition) is 0. The highest BCUT2D eigenvalue weighted by molar-refractivity contribution is 7.26. The molecular formula is C65H60BN3S2.